The van der Waals surface area contributed by atoms with Crippen LogP contribution >= 0.6 is 0 Å². The molecule has 0 aliphatic rings. The number of nitrogens with one attached hydrogen (secondary N) is 1. The Balaban J connectivity index is 2.00. The molecule has 4 heteroatoms. The second-order valence-corrected chi connectivity index (χ2v) is 4.46. The second kappa shape index (κ2) is 5.31. The average molecular weight is 248 g/mol. The Hall–Kier alpha value is -1.68. The first-order valence-corrected chi connectivity index (χ1v) is 5.98. The monoisotopic (exact) mass is 248 g/mol. The first kappa shape index (κ1) is 12.8. The minimum Gasteiger partial charge on any atom is -0.361 e. The van der Waals surface area contributed by atoms with E-state index in [2.05, 4.69) is 10.5 Å². The van der Waals surface area contributed by atoms with Gasteiger partial charge in [0.05, 0.1) is 5.69 Å². The largest absolute Gasteiger partial charge is 0.361 e. The molecule has 96 valence electrons. The summed E-state index contributed by atoms with van der Waals surface area (Å²) in [5.74, 6) is 0.628. The topological polar surface area (TPSA) is 38.1 Å². The van der Waals surface area contributed by atoms with Crippen molar-refractivity contribution in [1.29, 1.82) is 0 Å². The molecule has 1 heterocycles. The molecule has 0 spiro atoms. The molecule has 1 aromatic carbocycles. The van der Waals surface area contributed by atoms with Gasteiger partial charge in [-0.3, -0.25) is 0 Å². The van der Waals surface area contributed by atoms with E-state index in [4.69, 9.17) is 4.52 Å². The summed E-state index contributed by atoms with van der Waals surface area (Å²) in [5.41, 5.74) is 3.05. The van der Waals surface area contributed by atoms with E-state index in [1.54, 1.807) is 12.1 Å². The summed E-state index contributed by atoms with van der Waals surface area (Å²) >= 11 is 0. The lowest BCUT2D eigenvalue weighted by molar-refractivity contribution is 0.391. The molecule has 1 aromatic heterocycles. The van der Waals surface area contributed by atoms with Crippen LogP contribution in [0.25, 0.3) is 0 Å². The van der Waals surface area contributed by atoms with Gasteiger partial charge < -0.3 is 9.84 Å². The Morgan fingerprint density at radius 1 is 1.28 bits per heavy atom. The van der Waals surface area contributed by atoms with Gasteiger partial charge in [0, 0.05) is 18.2 Å². The van der Waals surface area contributed by atoms with Crippen LogP contribution in [0.2, 0.25) is 0 Å². The molecule has 2 aromatic rings. The zero-order valence-electron chi connectivity index (χ0n) is 10.8. The molecule has 0 fully saturated rings. The van der Waals surface area contributed by atoms with Crippen LogP contribution in [-0.4, -0.2) is 5.16 Å². The van der Waals surface area contributed by atoms with E-state index in [-0.39, 0.29) is 11.9 Å². The number of nitrogens with zero attached hydrogens (tertiary/aromatic N) is 1. The quantitative estimate of drug-likeness (QED) is 0.902. The van der Waals surface area contributed by atoms with Crippen LogP contribution in [0, 0.1) is 19.7 Å². The van der Waals surface area contributed by atoms with Crippen molar-refractivity contribution >= 4 is 0 Å². The van der Waals surface area contributed by atoms with Crippen molar-refractivity contribution in [2.45, 2.75) is 33.4 Å². The lowest BCUT2D eigenvalue weighted by Crippen LogP contribution is -2.18. The predicted octanol–water partition coefficient (Wildman–Crippen LogP) is 3.28. The van der Waals surface area contributed by atoms with Crippen molar-refractivity contribution in [3.63, 3.8) is 0 Å². The Morgan fingerprint density at radius 2 is 1.94 bits per heavy atom. The lowest BCUT2D eigenvalue weighted by atomic mass is 10.1. The van der Waals surface area contributed by atoms with Crippen molar-refractivity contribution in [3.05, 3.63) is 52.7 Å². The van der Waals surface area contributed by atoms with Gasteiger partial charge in [0.1, 0.15) is 11.6 Å². The standard InChI is InChI=1S/C14H17FN2O/c1-9(12-4-6-13(15)7-5-12)16-8-14-10(2)17-18-11(14)3/h4-7,9,16H,8H2,1-3H3/t9-/m0/s1. The predicted molar refractivity (Wildman–Crippen MR) is 67.6 cm³/mol. The van der Waals surface area contributed by atoms with E-state index in [0.717, 1.165) is 22.6 Å². The highest BCUT2D eigenvalue weighted by Gasteiger charge is 2.11. The van der Waals surface area contributed by atoms with Crippen molar-refractivity contribution in [3.8, 4) is 0 Å². The lowest BCUT2D eigenvalue weighted by Gasteiger charge is -2.14. The Labute approximate surface area is 106 Å². The van der Waals surface area contributed by atoms with Crippen LogP contribution in [0.5, 0.6) is 0 Å². The molecule has 0 saturated heterocycles. The van der Waals surface area contributed by atoms with Gasteiger partial charge in [-0.15, -0.1) is 0 Å². The van der Waals surface area contributed by atoms with Gasteiger partial charge in [0.25, 0.3) is 0 Å². The summed E-state index contributed by atoms with van der Waals surface area (Å²) in [7, 11) is 0. The third kappa shape index (κ3) is 2.76. The van der Waals surface area contributed by atoms with Crippen LogP contribution in [0.4, 0.5) is 4.39 Å². The van der Waals surface area contributed by atoms with Gasteiger partial charge in [0.2, 0.25) is 0 Å². The van der Waals surface area contributed by atoms with E-state index in [1.807, 2.05) is 20.8 Å². The zero-order valence-corrected chi connectivity index (χ0v) is 10.8. The Bertz CT molecular complexity index is 500. The summed E-state index contributed by atoms with van der Waals surface area (Å²) in [6, 6.07) is 6.69. The normalized spacial score (nSPS) is 12.7. The fourth-order valence-corrected chi connectivity index (χ4v) is 1.88. The molecule has 3 nitrogen and oxygen atoms in total. The summed E-state index contributed by atoms with van der Waals surface area (Å²) < 4.78 is 17.9. The molecule has 2 rings (SSSR count). The van der Waals surface area contributed by atoms with Crippen molar-refractivity contribution in [2.75, 3.05) is 0 Å². The van der Waals surface area contributed by atoms with Gasteiger partial charge in [-0.1, -0.05) is 17.3 Å². The fourth-order valence-electron chi connectivity index (χ4n) is 1.88. The Morgan fingerprint density at radius 3 is 2.50 bits per heavy atom. The smallest absolute Gasteiger partial charge is 0.138 e. The number of rotatable bonds is 4. The maximum absolute atomic E-state index is 12.8. The number of halogens is 1. The number of hydrogen-bond acceptors (Lipinski definition) is 3. The van der Waals surface area contributed by atoms with E-state index in [1.165, 1.54) is 12.1 Å². The molecule has 1 atom stereocenters. The van der Waals surface area contributed by atoms with Crippen LogP contribution < -0.4 is 5.32 Å². The van der Waals surface area contributed by atoms with Crippen molar-refractivity contribution in [1.82, 2.24) is 10.5 Å². The highest BCUT2D eigenvalue weighted by Crippen LogP contribution is 2.16. The van der Waals surface area contributed by atoms with Crippen LogP contribution in [0.3, 0.4) is 0 Å². The fraction of sp³-hybridized carbons (Fsp3) is 0.357. The van der Waals surface area contributed by atoms with Gasteiger partial charge in [-0.2, -0.15) is 0 Å². The minimum absolute atomic E-state index is 0.152. The van der Waals surface area contributed by atoms with Gasteiger partial charge in [-0.05, 0) is 38.5 Å². The highest BCUT2D eigenvalue weighted by molar-refractivity contribution is 5.22. The first-order chi connectivity index (χ1) is 8.58. The zero-order chi connectivity index (χ0) is 13.1. The average Bonchev–Trinajstić information content (AvgIpc) is 2.67. The molecule has 0 bridgehead atoms. The molecular weight excluding hydrogens is 231 g/mol. The second-order valence-electron chi connectivity index (χ2n) is 4.46. The summed E-state index contributed by atoms with van der Waals surface area (Å²) in [4.78, 5) is 0. The van der Waals surface area contributed by atoms with Gasteiger partial charge >= 0.3 is 0 Å². The molecule has 0 unspecified atom stereocenters. The minimum atomic E-state index is -0.211. The Kier molecular flexibility index (Phi) is 3.77. The number of hydrogen-bond donors (Lipinski definition) is 1. The van der Waals surface area contributed by atoms with Crippen molar-refractivity contribution < 1.29 is 8.91 Å². The molecule has 0 radical (unpaired) electrons. The third-order valence-electron chi connectivity index (χ3n) is 3.14. The maximum atomic E-state index is 12.8. The van der Waals surface area contributed by atoms with Gasteiger partial charge in [0.15, 0.2) is 0 Å². The van der Waals surface area contributed by atoms with Crippen LogP contribution in [0.1, 0.15) is 35.5 Å². The molecular formula is C14H17FN2O. The molecule has 0 aliphatic carbocycles. The number of benzene rings is 1. The van der Waals surface area contributed by atoms with Crippen LogP contribution in [0.15, 0.2) is 28.8 Å². The number of aromatic nitrogens is 1. The number of aryl methyl sites for hydroxylation is 2. The highest BCUT2D eigenvalue weighted by atomic mass is 19.1. The molecule has 1 N–H and O–H groups in total. The van der Waals surface area contributed by atoms with E-state index in [0.29, 0.717) is 6.54 Å². The summed E-state index contributed by atoms with van der Waals surface area (Å²) in [6.07, 6.45) is 0. The maximum Gasteiger partial charge on any atom is 0.138 e. The molecule has 0 saturated carbocycles. The first-order valence-electron chi connectivity index (χ1n) is 5.98. The molecule has 0 aliphatic heterocycles. The molecule has 18 heavy (non-hydrogen) atoms. The van der Waals surface area contributed by atoms with Crippen LogP contribution in [-0.2, 0) is 6.54 Å². The molecule has 0 amide bonds. The summed E-state index contributed by atoms with van der Waals surface area (Å²) in [6.45, 7) is 6.57. The van der Waals surface area contributed by atoms with E-state index < -0.39 is 0 Å². The van der Waals surface area contributed by atoms with Crippen molar-refractivity contribution in [2.24, 2.45) is 0 Å². The summed E-state index contributed by atoms with van der Waals surface area (Å²) in [5, 5.41) is 7.29. The van der Waals surface area contributed by atoms with E-state index in [9.17, 15) is 4.39 Å². The third-order valence-corrected chi connectivity index (χ3v) is 3.14. The van der Waals surface area contributed by atoms with E-state index >= 15 is 0 Å². The SMILES string of the molecule is Cc1noc(C)c1CN[C@@H](C)c1ccc(F)cc1. The van der Waals surface area contributed by atoms with Gasteiger partial charge in [-0.25, -0.2) is 4.39 Å².